The number of benzene rings is 2. The van der Waals surface area contributed by atoms with E-state index in [1.54, 1.807) is 4.90 Å². The highest BCUT2D eigenvalue weighted by molar-refractivity contribution is 5.77. The van der Waals surface area contributed by atoms with Gasteiger partial charge in [-0.3, -0.25) is 4.79 Å². The summed E-state index contributed by atoms with van der Waals surface area (Å²) in [5.41, 5.74) is 4.31. The quantitative estimate of drug-likeness (QED) is 0.716. The Kier molecular flexibility index (Phi) is 5.58. The van der Waals surface area contributed by atoms with Gasteiger partial charge in [0.2, 0.25) is 5.91 Å². The Morgan fingerprint density at radius 1 is 1.14 bits per heavy atom. The van der Waals surface area contributed by atoms with Crippen molar-refractivity contribution in [3.8, 4) is 0 Å². The molecule has 1 fully saturated rings. The maximum atomic E-state index is 12.5. The fraction of sp³-hybridized carbons (Fsp3) is 0.364. The molecule has 1 saturated heterocycles. The molecule has 6 heteroatoms. The summed E-state index contributed by atoms with van der Waals surface area (Å²) in [4.78, 5) is 24.4. The van der Waals surface area contributed by atoms with Crippen molar-refractivity contribution < 1.29 is 9.53 Å². The van der Waals surface area contributed by atoms with Crippen LogP contribution in [0.3, 0.4) is 0 Å². The van der Waals surface area contributed by atoms with Crippen LogP contribution >= 0.6 is 0 Å². The lowest BCUT2D eigenvalue weighted by Gasteiger charge is -2.29. The second kappa shape index (κ2) is 8.44. The fourth-order valence-electron chi connectivity index (χ4n) is 3.54. The standard InChI is InChI=1S/C22H26N4O2/c1-25(16-17-6-8-18(9-7-17)26-12-14-28-15-13-26)22(27)11-10-21-23-19-4-2-3-5-20(19)24-21/h2-9H,10-16H2,1H3,(H,23,24). The van der Waals surface area contributed by atoms with Crippen molar-refractivity contribution >= 4 is 22.6 Å². The summed E-state index contributed by atoms with van der Waals surface area (Å²) in [5, 5.41) is 0. The van der Waals surface area contributed by atoms with Gasteiger partial charge < -0.3 is 19.5 Å². The van der Waals surface area contributed by atoms with Crippen LogP contribution in [0.25, 0.3) is 11.0 Å². The van der Waals surface area contributed by atoms with Crippen LogP contribution in [0.5, 0.6) is 0 Å². The second-order valence-electron chi connectivity index (χ2n) is 7.22. The van der Waals surface area contributed by atoms with Gasteiger partial charge in [0.1, 0.15) is 5.82 Å². The lowest BCUT2D eigenvalue weighted by molar-refractivity contribution is -0.130. The van der Waals surface area contributed by atoms with Crippen LogP contribution < -0.4 is 4.90 Å². The fourth-order valence-corrected chi connectivity index (χ4v) is 3.54. The van der Waals surface area contributed by atoms with E-state index in [0.29, 0.717) is 19.4 Å². The summed E-state index contributed by atoms with van der Waals surface area (Å²) in [6, 6.07) is 16.4. The molecule has 1 aromatic heterocycles. The first kappa shape index (κ1) is 18.5. The third kappa shape index (κ3) is 4.34. The van der Waals surface area contributed by atoms with Gasteiger partial charge in [0, 0.05) is 45.2 Å². The number of amides is 1. The monoisotopic (exact) mass is 378 g/mol. The molecule has 0 aliphatic carbocycles. The Bertz CT molecular complexity index is 896. The van der Waals surface area contributed by atoms with Gasteiger partial charge >= 0.3 is 0 Å². The lowest BCUT2D eigenvalue weighted by Crippen LogP contribution is -2.36. The molecular weight excluding hydrogens is 352 g/mol. The molecule has 1 aliphatic rings. The van der Waals surface area contributed by atoms with Gasteiger partial charge in [0.05, 0.1) is 24.2 Å². The molecule has 4 rings (SSSR count). The van der Waals surface area contributed by atoms with E-state index in [1.165, 1.54) is 5.69 Å². The first-order valence-electron chi connectivity index (χ1n) is 9.78. The maximum Gasteiger partial charge on any atom is 0.223 e. The molecule has 0 atom stereocenters. The number of carbonyl (C=O) groups is 1. The number of aryl methyl sites for hydroxylation is 1. The molecule has 1 N–H and O–H groups in total. The Hall–Kier alpha value is -2.86. The Morgan fingerprint density at radius 2 is 1.89 bits per heavy atom. The topological polar surface area (TPSA) is 61.5 Å². The molecule has 2 aromatic carbocycles. The zero-order valence-electron chi connectivity index (χ0n) is 16.2. The number of H-pyrrole nitrogens is 1. The van der Waals surface area contributed by atoms with E-state index in [0.717, 1.165) is 48.7 Å². The number of ether oxygens (including phenoxy) is 1. The molecule has 0 radical (unpaired) electrons. The number of carbonyl (C=O) groups excluding carboxylic acids is 1. The van der Waals surface area contributed by atoms with Gasteiger partial charge in [0.15, 0.2) is 0 Å². The van der Waals surface area contributed by atoms with Crippen LogP contribution in [0.1, 0.15) is 17.8 Å². The third-order valence-corrected chi connectivity index (χ3v) is 5.17. The number of hydrogen-bond donors (Lipinski definition) is 1. The number of aromatic nitrogens is 2. The summed E-state index contributed by atoms with van der Waals surface area (Å²) in [6.07, 6.45) is 1.07. The zero-order valence-corrected chi connectivity index (χ0v) is 16.2. The van der Waals surface area contributed by atoms with E-state index in [2.05, 4.69) is 39.1 Å². The predicted octanol–water partition coefficient (Wildman–Crippen LogP) is 2.99. The normalized spacial score (nSPS) is 14.4. The van der Waals surface area contributed by atoms with Crippen molar-refractivity contribution in [3.05, 3.63) is 59.9 Å². The Morgan fingerprint density at radius 3 is 2.64 bits per heavy atom. The third-order valence-electron chi connectivity index (χ3n) is 5.17. The van der Waals surface area contributed by atoms with Gasteiger partial charge in [-0.15, -0.1) is 0 Å². The van der Waals surface area contributed by atoms with Crippen molar-refractivity contribution in [1.29, 1.82) is 0 Å². The molecule has 1 aliphatic heterocycles. The summed E-state index contributed by atoms with van der Waals surface area (Å²) in [7, 11) is 1.86. The Labute approximate surface area is 165 Å². The highest BCUT2D eigenvalue weighted by atomic mass is 16.5. The van der Waals surface area contributed by atoms with Gasteiger partial charge in [-0.25, -0.2) is 4.98 Å². The molecule has 2 heterocycles. The summed E-state index contributed by atoms with van der Waals surface area (Å²) < 4.78 is 5.40. The van der Waals surface area contributed by atoms with E-state index in [9.17, 15) is 4.79 Å². The molecular formula is C22H26N4O2. The zero-order chi connectivity index (χ0) is 19.3. The molecule has 0 bridgehead atoms. The minimum atomic E-state index is 0.123. The number of para-hydroxylation sites is 2. The molecule has 28 heavy (non-hydrogen) atoms. The maximum absolute atomic E-state index is 12.5. The van der Waals surface area contributed by atoms with E-state index in [-0.39, 0.29) is 5.91 Å². The van der Waals surface area contributed by atoms with Crippen molar-refractivity contribution in [2.45, 2.75) is 19.4 Å². The van der Waals surface area contributed by atoms with E-state index >= 15 is 0 Å². The van der Waals surface area contributed by atoms with Crippen molar-refractivity contribution in [2.24, 2.45) is 0 Å². The minimum Gasteiger partial charge on any atom is -0.378 e. The van der Waals surface area contributed by atoms with Crippen LogP contribution in [0.2, 0.25) is 0 Å². The number of rotatable bonds is 6. The van der Waals surface area contributed by atoms with Crippen molar-refractivity contribution in [3.63, 3.8) is 0 Å². The molecule has 0 unspecified atom stereocenters. The number of hydrogen-bond acceptors (Lipinski definition) is 4. The van der Waals surface area contributed by atoms with Gasteiger partial charge in [-0.1, -0.05) is 24.3 Å². The smallest absolute Gasteiger partial charge is 0.223 e. The number of nitrogens with zero attached hydrogens (tertiary/aromatic N) is 3. The minimum absolute atomic E-state index is 0.123. The summed E-state index contributed by atoms with van der Waals surface area (Å²) in [5.74, 6) is 0.982. The second-order valence-corrected chi connectivity index (χ2v) is 7.22. The number of nitrogens with one attached hydrogen (secondary N) is 1. The molecule has 146 valence electrons. The first-order valence-corrected chi connectivity index (χ1v) is 9.78. The molecule has 0 saturated carbocycles. The Balaban J connectivity index is 1.30. The SMILES string of the molecule is CN(Cc1ccc(N2CCOCC2)cc1)C(=O)CCc1nc2ccccc2[nH]1. The van der Waals surface area contributed by atoms with Crippen molar-refractivity contribution in [2.75, 3.05) is 38.3 Å². The number of anilines is 1. The van der Waals surface area contributed by atoms with Gasteiger partial charge in [-0.2, -0.15) is 0 Å². The summed E-state index contributed by atoms with van der Waals surface area (Å²) >= 11 is 0. The molecule has 1 amide bonds. The largest absolute Gasteiger partial charge is 0.378 e. The van der Waals surface area contributed by atoms with E-state index in [4.69, 9.17) is 4.74 Å². The number of aromatic amines is 1. The molecule has 6 nitrogen and oxygen atoms in total. The van der Waals surface area contributed by atoms with E-state index in [1.807, 2.05) is 31.3 Å². The number of morpholine rings is 1. The van der Waals surface area contributed by atoms with Crippen LogP contribution in [0.4, 0.5) is 5.69 Å². The van der Waals surface area contributed by atoms with Gasteiger partial charge in [0.25, 0.3) is 0 Å². The first-order chi connectivity index (χ1) is 13.7. The number of fused-ring (bicyclic) bond motifs is 1. The van der Waals surface area contributed by atoms with Crippen LogP contribution in [-0.2, 0) is 22.5 Å². The average molecular weight is 378 g/mol. The molecule has 0 spiro atoms. The van der Waals surface area contributed by atoms with Gasteiger partial charge in [-0.05, 0) is 29.8 Å². The molecule has 3 aromatic rings. The lowest BCUT2D eigenvalue weighted by atomic mass is 10.1. The predicted molar refractivity (Wildman–Crippen MR) is 110 cm³/mol. The average Bonchev–Trinajstić information content (AvgIpc) is 3.16. The highest BCUT2D eigenvalue weighted by Gasteiger charge is 2.13. The van der Waals surface area contributed by atoms with Crippen LogP contribution in [0, 0.1) is 0 Å². The van der Waals surface area contributed by atoms with Crippen LogP contribution in [-0.4, -0.2) is 54.1 Å². The van der Waals surface area contributed by atoms with Crippen LogP contribution in [0.15, 0.2) is 48.5 Å². The highest BCUT2D eigenvalue weighted by Crippen LogP contribution is 2.18. The summed E-state index contributed by atoms with van der Waals surface area (Å²) in [6.45, 7) is 4.04. The van der Waals surface area contributed by atoms with Crippen molar-refractivity contribution in [1.82, 2.24) is 14.9 Å². The number of imidazole rings is 1. The van der Waals surface area contributed by atoms with E-state index < -0.39 is 0 Å².